The number of pyridine rings is 1. The highest BCUT2D eigenvalue weighted by Crippen LogP contribution is 2.35. The second kappa shape index (κ2) is 6.97. The van der Waals surface area contributed by atoms with Gasteiger partial charge >= 0.3 is 0 Å². The summed E-state index contributed by atoms with van der Waals surface area (Å²) in [5.41, 5.74) is 4.99. The van der Waals surface area contributed by atoms with Crippen molar-refractivity contribution in [2.75, 3.05) is 0 Å². The predicted molar refractivity (Wildman–Crippen MR) is 135 cm³/mol. The number of fused-ring (bicyclic) bond motifs is 6. The van der Waals surface area contributed by atoms with Gasteiger partial charge in [-0.1, -0.05) is 66.7 Å². The lowest BCUT2D eigenvalue weighted by Gasteiger charge is -2.13. The first-order valence-electron chi connectivity index (χ1n) is 11.0. The summed E-state index contributed by atoms with van der Waals surface area (Å²) in [5, 5.41) is 5.68. The number of hydrogen-bond donors (Lipinski definition) is 0. The van der Waals surface area contributed by atoms with Gasteiger partial charge in [0.2, 0.25) is 5.95 Å². The molecule has 7 rings (SSSR count). The van der Waals surface area contributed by atoms with Crippen LogP contribution in [0.25, 0.3) is 60.7 Å². The van der Waals surface area contributed by atoms with Gasteiger partial charge in [-0.05, 0) is 35.7 Å². The number of nitrogens with zero attached hydrogens (tertiary/aromatic N) is 4. The highest BCUT2D eigenvalue weighted by Gasteiger charge is 2.17. The number of rotatable bonds is 2. The summed E-state index contributed by atoms with van der Waals surface area (Å²) in [6.07, 6.45) is 3.66. The summed E-state index contributed by atoms with van der Waals surface area (Å²) in [6.45, 7) is 0. The summed E-state index contributed by atoms with van der Waals surface area (Å²) in [6, 6.07) is 33.5. The average Bonchev–Trinajstić information content (AvgIpc) is 3.23. The van der Waals surface area contributed by atoms with E-state index in [0.717, 1.165) is 44.0 Å². The van der Waals surface area contributed by atoms with E-state index in [0.29, 0.717) is 5.95 Å². The molecule has 0 saturated carbocycles. The first-order chi connectivity index (χ1) is 16.4. The highest BCUT2D eigenvalue weighted by molar-refractivity contribution is 6.11. The molecule has 0 bridgehead atoms. The van der Waals surface area contributed by atoms with E-state index in [4.69, 9.17) is 9.97 Å². The van der Waals surface area contributed by atoms with E-state index in [-0.39, 0.29) is 0 Å². The van der Waals surface area contributed by atoms with Crippen molar-refractivity contribution in [3.05, 3.63) is 109 Å². The van der Waals surface area contributed by atoms with Gasteiger partial charge in [-0.3, -0.25) is 9.55 Å². The molecule has 33 heavy (non-hydrogen) atoms. The average molecular weight is 422 g/mol. The van der Waals surface area contributed by atoms with Crippen LogP contribution in [0.3, 0.4) is 0 Å². The van der Waals surface area contributed by atoms with Crippen molar-refractivity contribution in [1.82, 2.24) is 19.5 Å². The Kier molecular flexibility index (Phi) is 3.81. The second-order valence-corrected chi connectivity index (χ2v) is 8.17. The third-order valence-corrected chi connectivity index (χ3v) is 6.29. The Morgan fingerprint density at radius 2 is 1.24 bits per heavy atom. The largest absolute Gasteiger partial charge is 0.278 e. The van der Waals surface area contributed by atoms with E-state index in [1.807, 2.05) is 12.3 Å². The van der Waals surface area contributed by atoms with Gasteiger partial charge < -0.3 is 0 Å². The van der Waals surface area contributed by atoms with Crippen molar-refractivity contribution in [1.29, 1.82) is 0 Å². The molecule has 3 heterocycles. The molecule has 154 valence electrons. The normalized spacial score (nSPS) is 11.6. The van der Waals surface area contributed by atoms with Gasteiger partial charge in [0.1, 0.15) is 0 Å². The van der Waals surface area contributed by atoms with Gasteiger partial charge in [-0.25, -0.2) is 9.97 Å². The molecule has 4 nitrogen and oxygen atoms in total. The molecule has 0 amide bonds. The molecule has 0 fully saturated rings. The fourth-order valence-electron chi connectivity index (χ4n) is 4.81. The van der Waals surface area contributed by atoms with E-state index in [1.165, 1.54) is 10.8 Å². The van der Waals surface area contributed by atoms with E-state index in [9.17, 15) is 0 Å². The number of hydrogen-bond acceptors (Lipinski definition) is 3. The molecule has 0 atom stereocenters. The van der Waals surface area contributed by atoms with Crippen LogP contribution < -0.4 is 0 Å². The van der Waals surface area contributed by atoms with E-state index < -0.39 is 0 Å². The SMILES string of the molecule is c1cncc(-c2nc(-n3c4ccccc4c4ccccc43)nc3c2ccc2ccccc23)c1. The summed E-state index contributed by atoms with van der Waals surface area (Å²) in [4.78, 5) is 14.7. The van der Waals surface area contributed by atoms with Crippen LogP contribution in [0.4, 0.5) is 0 Å². The van der Waals surface area contributed by atoms with E-state index >= 15 is 0 Å². The zero-order valence-electron chi connectivity index (χ0n) is 17.7. The summed E-state index contributed by atoms with van der Waals surface area (Å²) < 4.78 is 2.17. The Labute approximate surface area is 189 Å². The predicted octanol–water partition coefficient (Wildman–Crippen LogP) is 6.94. The molecule has 0 aliphatic heterocycles. The van der Waals surface area contributed by atoms with Crippen LogP contribution in [0, 0.1) is 0 Å². The molecular weight excluding hydrogens is 404 g/mol. The van der Waals surface area contributed by atoms with Crippen molar-refractivity contribution in [2.24, 2.45) is 0 Å². The van der Waals surface area contributed by atoms with Crippen LogP contribution in [0.15, 0.2) is 109 Å². The van der Waals surface area contributed by atoms with Crippen molar-refractivity contribution >= 4 is 43.5 Å². The quantitative estimate of drug-likeness (QED) is 0.283. The van der Waals surface area contributed by atoms with Crippen molar-refractivity contribution in [3.63, 3.8) is 0 Å². The molecule has 0 unspecified atom stereocenters. The topological polar surface area (TPSA) is 43.6 Å². The lowest BCUT2D eigenvalue weighted by molar-refractivity contribution is 1.01. The minimum absolute atomic E-state index is 0.662. The van der Waals surface area contributed by atoms with Gasteiger partial charge in [0.05, 0.1) is 22.2 Å². The first kappa shape index (κ1) is 18.0. The Hall–Kier alpha value is -4.57. The molecule has 0 saturated heterocycles. The molecule has 0 aliphatic carbocycles. The summed E-state index contributed by atoms with van der Waals surface area (Å²) in [7, 11) is 0. The van der Waals surface area contributed by atoms with Crippen LogP contribution in [0.5, 0.6) is 0 Å². The maximum atomic E-state index is 5.16. The van der Waals surface area contributed by atoms with Crippen LogP contribution in [0.2, 0.25) is 0 Å². The van der Waals surface area contributed by atoms with Crippen LogP contribution in [-0.2, 0) is 0 Å². The third kappa shape index (κ3) is 2.68. The molecular formula is C29H18N4. The first-order valence-corrected chi connectivity index (χ1v) is 11.0. The van der Waals surface area contributed by atoms with Gasteiger partial charge in [-0.15, -0.1) is 0 Å². The minimum Gasteiger partial charge on any atom is -0.278 e. The standard InChI is InChI=1S/C29H18N4/c1-2-10-21-19(8-1)15-16-24-27(20-9-7-17-30-18-20)31-29(32-28(21)24)33-25-13-5-3-11-22(25)23-12-4-6-14-26(23)33/h1-18H. The molecule has 7 aromatic rings. The summed E-state index contributed by atoms with van der Waals surface area (Å²) in [5.74, 6) is 0.662. The van der Waals surface area contributed by atoms with Gasteiger partial charge in [0.15, 0.2) is 0 Å². The maximum Gasteiger partial charge on any atom is 0.235 e. The zero-order valence-corrected chi connectivity index (χ0v) is 17.7. The summed E-state index contributed by atoms with van der Waals surface area (Å²) >= 11 is 0. The molecule has 0 aliphatic rings. The zero-order chi connectivity index (χ0) is 21.8. The van der Waals surface area contributed by atoms with Crippen molar-refractivity contribution < 1.29 is 0 Å². The minimum atomic E-state index is 0.662. The van der Waals surface area contributed by atoms with Gasteiger partial charge in [0.25, 0.3) is 0 Å². The highest BCUT2D eigenvalue weighted by atomic mass is 15.2. The Morgan fingerprint density at radius 3 is 1.97 bits per heavy atom. The molecule has 0 spiro atoms. The fraction of sp³-hybridized carbons (Fsp3) is 0. The Bertz CT molecular complexity index is 1760. The molecule has 4 heteroatoms. The Morgan fingerprint density at radius 1 is 0.545 bits per heavy atom. The van der Waals surface area contributed by atoms with Crippen LogP contribution in [-0.4, -0.2) is 19.5 Å². The maximum absolute atomic E-state index is 5.16. The molecule has 0 N–H and O–H groups in total. The van der Waals surface area contributed by atoms with Gasteiger partial charge in [0, 0.05) is 39.5 Å². The van der Waals surface area contributed by atoms with Gasteiger partial charge in [-0.2, -0.15) is 0 Å². The number of aromatic nitrogens is 4. The third-order valence-electron chi connectivity index (χ3n) is 6.29. The van der Waals surface area contributed by atoms with Crippen LogP contribution >= 0.6 is 0 Å². The lowest BCUT2D eigenvalue weighted by atomic mass is 10.0. The van der Waals surface area contributed by atoms with Crippen molar-refractivity contribution in [3.8, 4) is 17.2 Å². The Balaban J connectivity index is 1.67. The molecule has 4 aromatic carbocycles. The number of para-hydroxylation sites is 2. The lowest BCUT2D eigenvalue weighted by Crippen LogP contribution is -2.03. The fourth-order valence-corrected chi connectivity index (χ4v) is 4.81. The van der Waals surface area contributed by atoms with Crippen LogP contribution in [0.1, 0.15) is 0 Å². The smallest absolute Gasteiger partial charge is 0.235 e. The molecule has 3 aromatic heterocycles. The van der Waals surface area contributed by atoms with E-state index in [2.05, 4.69) is 101 Å². The number of benzene rings is 4. The second-order valence-electron chi connectivity index (χ2n) is 8.17. The molecule has 0 radical (unpaired) electrons. The van der Waals surface area contributed by atoms with E-state index in [1.54, 1.807) is 6.20 Å². The monoisotopic (exact) mass is 422 g/mol. The van der Waals surface area contributed by atoms with Crippen molar-refractivity contribution in [2.45, 2.75) is 0 Å².